The molecule has 10 aliphatic rings. The Labute approximate surface area is 260 Å². The second-order valence-corrected chi connectivity index (χ2v) is 16.4. The summed E-state index contributed by atoms with van der Waals surface area (Å²) >= 11 is 0. The third-order valence-electron chi connectivity index (χ3n) is 14.0. The first-order valence-electron chi connectivity index (χ1n) is 17.5. The zero-order valence-corrected chi connectivity index (χ0v) is 27.2. The van der Waals surface area contributed by atoms with Gasteiger partial charge < -0.3 is 24.1 Å². The lowest BCUT2D eigenvalue weighted by molar-refractivity contribution is -0.571. The van der Waals surface area contributed by atoms with Crippen molar-refractivity contribution in [1.82, 2.24) is 0 Å². The van der Waals surface area contributed by atoms with Crippen LogP contribution < -0.4 is 0 Å². The standard InChI is InChI=1S/C34H52O10/c1-17-7-9-24-19(3)26(37-29-33(24)22(17)11-13-31(5,39-29)41-43-33)15-21(28(35)36)16-27-20(4)25-10-8-18(2)23-12-14-32(6)40-30(38-27)34(23,25)44-42-32/h17-27,29-30H,7-16H2,1-6H3,(H,35,36)/t17-,18-,19-,20-,21?,22+,23+,24+,25+,26-,27-,29-,30-,31?,32?,33-,34-/m1/s1. The molecule has 10 rings (SSSR count). The van der Waals surface area contributed by atoms with Gasteiger partial charge in [0.2, 0.25) is 11.6 Å². The number of hydrogen-bond acceptors (Lipinski definition) is 9. The predicted octanol–water partition coefficient (Wildman–Crippen LogP) is 5.97. The van der Waals surface area contributed by atoms with E-state index in [1.165, 1.54) is 0 Å². The number of carbonyl (C=O) groups is 1. The molecule has 1 N–H and O–H groups in total. The van der Waals surface area contributed by atoms with Gasteiger partial charge in [-0.1, -0.05) is 27.7 Å². The summed E-state index contributed by atoms with van der Waals surface area (Å²) in [6.07, 6.45) is 6.75. The minimum Gasteiger partial charge on any atom is -0.481 e. The number of rotatable bonds is 5. The molecule has 0 radical (unpaired) electrons. The number of ether oxygens (including phenoxy) is 4. The van der Waals surface area contributed by atoms with Crippen LogP contribution in [0.15, 0.2) is 0 Å². The maximum absolute atomic E-state index is 12.9. The minimum absolute atomic E-state index is 0.0951. The highest BCUT2D eigenvalue weighted by Crippen LogP contribution is 2.63. The van der Waals surface area contributed by atoms with E-state index >= 15 is 0 Å². The van der Waals surface area contributed by atoms with Crippen molar-refractivity contribution in [2.45, 2.75) is 153 Å². The zero-order valence-electron chi connectivity index (χ0n) is 27.2. The van der Waals surface area contributed by atoms with Crippen molar-refractivity contribution >= 4 is 5.97 Å². The highest BCUT2D eigenvalue weighted by atomic mass is 17.3. The first kappa shape index (κ1) is 30.5. The SMILES string of the molecule is C[C@H]1[C@@H](CC(C[C@H]2O[C@@H]3OC4(C)CC[C@H]5[C@H](C)CC[C@@H]([C@H]2C)[C@@]35OO4)C(=O)O)O[C@@H]2OC3(C)CC[C@H]4[C@H](C)CC[C@@H]1[C@@]24OO3. The second-order valence-electron chi connectivity index (χ2n) is 16.4. The van der Waals surface area contributed by atoms with Gasteiger partial charge in [0, 0.05) is 24.7 Å². The van der Waals surface area contributed by atoms with Gasteiger partial charge >= 0.3 is 5.97 Å². The third-order valence-corrected chi connectivity index (χ3v) is 14.0. The fourth-order valence-electron chi connectivity index (χ4n) is 11.4. The summed E-state index contributed by atoms with van der Waals surface area (Å²) in [5, 5.41) is 10.6. The minimum atomic E-state index is -0.855. The molecule has 2 saturated carbocycles. The van der Waals surface area contributed by atoms with Crippen molar-refractivity contribution in [2.75, 3.05) is 0 Å². The van der Waals surface area contributed by atoms with Gasteiger partial charge in [-0.15, -0.1) is 0 Å². The van der Waals surface area contributed by atoms with Gasteiger partial charge in [-0.3, -0.25) is 4.79 Å². The van der Waals surface area contributed by atoms with E-state index in [9.17, 15) is 9.90 Å². The summed E-state index contributed by atoms with van der Waals surface area (Å²) in [6.45, 7) is 12.9. The Morgan fingerprint density at radius 2 is 1.09 bits per heavy atom. The van der Waals surface area contributed by atoms with Crippen LogP contribution in [0.25, 0.3) is 0 Å². The average Bonchev–Trinajstić information content (AvgIpc) is 3.35. The molecule has 8 heterocycles. The number of fused-ring (bicyclic) bond motifs is 4. The van der Waals surface area contributed by atoms with Crippen molar-refractivity contribution in [3.8, 4) is 0 Å². The fraction of sp³-hybridized carbons (Fsp3) is 0.971. The van der Waals surface area contributed by atoms with E-state index in [1.807, 2.05) is 13.8 Å². The highest BCUT2D eigenvalue weighted by Gasteiger charge is 2.71. The quantitative estimate of drug-likeness (QED) is 0.369. The van der Waals surface area contributed by atoms with Gasteiger partial charge in [0.15, 0.2) is 23.8 Å². The van der Waals surface area contributed by atoms with Crippen molar-refractivity contribution in [2.24, 2.45) is 53.3 Å². The monoisotopic (exact) mass is 620 g/mol. The lowest BCUT2D eigenvalue weighted by Gasteiger charge is -2.61. The molecular weight excluding hydrogens is 568 g/mol. The van der Waals surface area contributed by atoms with Crippen LogP contribution in [0.2, 0.25) is 0 Å². The topological polar surface area (TPSA) is 111 Å². The molecule has 2 spiro atoms. The molecule has 248 valence electrons. The van der Waals surface area contributed by atoms with E-state index in [1.54, 1.807) is 0 Å². The molecule has 0 aromatic rings. The number of hydrogen-bond donors (Lipinski definition) is 1. The molecule has 2 aliphatic carbocycles. The van der Waals surface area contributed by atoms with Crippen LogP contribution in [0.5, 0.6) is 0 Å². The number of aliphatic carboxylic acids is 1. The van der Waals surface area contributed by atoms with Crippen molar-refractivity contribution in [1.29, 1.82) is 0 Å². The van der Waals surface area contributed by atoms with Gasteiger partial charge in [0.05, 0.1) is 18.1 Å². The second kappa shape index (κ2) is 10.3. The molecule has 10 nitrogen and oxygen atoms in total. The summed E-state index contributed by atoms with van der Waals surface area (Å²) in [4.78, 5) is 37.5. The number of carboxylic acids is 1. The van der Waals surface area contributed by atoms with Crippen LogP contribution in [0.1, 0.15) is 106 Å². The van der Waals surface area contributed by atoms with Crippen LogP contribution >= 0.6 is 0 Å². The molecule has 10 heteroatoms. The summed E-state index contributed by atoms with van der Waals surface area (Å²) in [5.41, 5.74) is -1.30. The molecule has 0 aromatic carbocycles. The molecule has 16 atom stereocenters. The highest BCUT2D eigenvalue weighted by molar-refractivity contribution is 5.70. The van der Waals surface area contributed by atoms with Crippen molar-refractivity contribution in [3.63, 3.8) is 0 Å². The van der Waals surface area contributed by atoms with E-state index in [4.69, 9.17) is 38.5 Å². The number of carboxylic acid groups (broad SMARTS) is 1. The van der Waals surface area contributed by atoms with Crippen LogP contribution in [0.4, 0.5) is 0 Å². The molecule has 10 fully saturated rings. The summed E-state index contributed by atoms with van der Waals surface area (Å²) in [6, 6.07) is 0. The predicted molar refractivity (Wildman–Crippen MR) is 154 cm³/mol. The Hall–Kier alpha value is -0.850. The van der Waals surface area contributed by atoms with E-state index in [0.29, 0.717) is 24.7 Å². The van der Waals surface area contributed by atoms with Gasteiger partial charge in [-0.2, -0.15) is 0 Å². The van der Waals surface area contributed by atoms with Crippen LogP contribution in [0, 0.1) is 53.3 Å². The smallest absolute Gasteiger partial charge is 0.306 e. The average molecular weight is 621 g/mol. The van der Waals surface area contributed by atoms with Crippen molar-refractivity contribution in [3.05, 3.63) is 0 Å². The van der Waals surface area contributed by atoms with E-state index in [2.05, 4.69) is 27.7 Å². The lowest BCUT2D eigenvalue weighted by atomic mass is 9.56. The lowest BCUT2D eigenvalue weighted by Crippen LogP contribution is -2.70. The first-order valence-corrected chi connectivity index (χ1v) is 17.5. The molecule has 44 heavy (non-hydrogen) atoms. The van der Waals surface area contributed by atoms with Crippen LogP contribution in [0.3, 0.4) is 0 Å². The molecule has 4 bridgehead atoms. The normalized spacial score (nSPS) is 58.3. The Kier molecular flexibility index (Phi) is 7.15. The van der Waals surface area contributed by atoms with Gasteiger partial charge in [0.1, 0.15) is 0 Å². The van der Waals surface area contributed by atoms with Gasteiger partial charge in [-0.05, 0) is 101 Å². The maximum Gasteiger partial charge on any atom is 0.306 e. The maximum atomic E-state index is 12.9. The molecule has 2 unspecified atom stereocenters. The summed E-state index contributed by atoms with van der Waals surface area (Å²) < 4.78 is 26.7. The largest absolute Gasteiger partial charge is 0.481 e. The van der Waals surface area contributed by atoms with Crippen LogP contribution in [-0.4, -0.2) is 58.6 Å². The third kappa shape index (κ3) is 4.24. The Morgan fingerprint density at radius 3 is 1.50 bits per heavy atom. The molecule has 8 saturated heterocycles. The summed E-state index contributed by atoms with van der Waals surface area (Å²) in [7, 11) is 0. The zero-order chi connectivity index (χ0) is 30.8. The van der Waals surface area contributed by atoms with E-state index in [0.717, 1.165) is 51.4 Å². The van der Waals surface area contributed by atoms with Gasteiger partial charge in [0.25, 0.3) is 0 Å². The van der Waals surface area contributed by atoms with E-state index < -0.39 is 47.2 Å². The molecule has 0 aromatic heterocycles. The van der Waals surface area contributed by atoms with Gasteiger partial charge in [-0.25, -0.2) is 19.6 Å². The fourth-order valence-corrected chi connectivity index (χ4v) is 11.4. The van der Waals surface area contributed by atoms with Crippen LogP contribution in [-0.2, 0) is 43.3 Å². The van der Waals surface area contributed by atoms with Crippen molar-refractivity contribution < 1.29 is 48.4 Å². The first-order chi connectivity index (χ1) is 20.9. The summed E-state index contributed by atoms with van der Waals surface area (Å²) in [5.74, 6) is -1.11. The Balaban J connectivity index is 1.04. The molecule has 0 amide bonds. The molecular formula is C34H52O10. The Bertz CT molecular complexity index is 1070. The Morgan fingerprint density at radius 1 is 0.659 bits per heavy atom. The van der Waals surface area contributed by atoms with E-state index in [-0.39, 0.29) is 47.7 Å². The molecule has 8 aliphatic heterocycles.